The molecule has 180 valence electrons. The number of carbonyl (C=O) groups is 1. The van der Waals surface area contributed by atoms with Crippen LogP contribution in [0.5, 0.6) is 11.5 Å². The number of methoxy groups -OCH3 is 2. The van der Waals surface area contributed by atoms with Crippen LogP contribution in [0.15, 0.2) is 59.5 Å². The first-order chi connectivity index (χ1) is 16.1. The van der Waals surface area contributed by atoms with Crippen molar-refractivity contribution >= 4 is 33.2 Å². The highest BCUT2D eigenvalue weighted by atomic mass is 35.5. The summed E-state index contributed by atoms with van der Waals surface area (Å²) in [5.41, 5.74) is 3.27. The Morgan fingerprint density at radius 2 is 1.68 bits per heavy atom. The van der Waals surface area contributed by atoms with Crippen LogP contribution >= 0.6 is 11.6 Å². The number of rotatable bonds is 8. The van der Waals surface area contributed by atoms with Gasteiger partial charge in [0.25, 0.3) is 15.9 Å². The summed E-state index contributed by atoms with van der Waals surface area (Å²) in [7, 11) is -0.936. The number of hydrogen-bond acceptors (Lipinski definition) is 5. The van der Waals surface area contributed by atoms with E-state index in [4.69, 9.17) is 21.1 Å². The topological polar surface area (TPSA) is 93.7 Å². The molecule has 0 bridgehead atoms. The molecule has 34 heavy (non-hydrogen) atoms. The lowest BCUT2D eigenvalue weighted by Crippen LogP contribution is -2.27. The number of benzene rings is 3. The third-order valence-electron chi connectivity index (χ3n) is 5.49. The maximum atomic E-state index is 13.0. The summed E-state index contributed by atoms with van der Waals surface area (Å²) in [5.74, 6) is 0.747. The summed E-state index contributed by atoms with van der Waals surface area (Å²) in [6.07, 6.45) is 0. The number of nitrogens with one attached hydrogen (secondary N) is 2. The van der Waals surface area contributed by atoms with E-state index in [9.17, 15) is 13.2 Å². The zero-order valence-electron chi connectivity index (χ0n) is 19.6. The van der Waals surface area contributed by atoms with Gasteiger partial charge in [-0.1, -0.05) is 17.7 Å². The van der Waals surface area contributed by atoms with E-state index in [1.54, 1.807) is 51.5 Å². The molecule has 0 saturated carbocycles. The van der Waals surface area contributed by atoms with E-state index in [0.717, 1.165) is 11.1 Å². The Morgan fingerprint density at radius 1 is 0.941 bits per heavy atom. The molecule has 0 unspecified atom stereocenters. The second-order valence-corrected chi connectivity index (χ2v) is 9.91. The van der Waals surface area contributed by atoms with Gasteiger partial charge in [0, 0.05) is 16.8 Å². The van der Waals surface area contributed by atoms with Gasteiger partial charge in [-0.3, -0.25) is 9.52 Å². The van der Waals surface area contributed by atoms with Crippen LogP contribution in [-0.4, -0.2) is 28.5 Å². The highest BCUT2D eigenvalue weighted by Gasteiger charge is 2.22. The van der Waals surface area contributed by atoms with Crippen LogP contribution in [0.3, 0.4) is 0 Å². The SMILES string of the molecule is COc1ccc(OC)c([C@H](C)NC(=O)c2ccc(Cl)c(S(=O)(=O)Nc3ccc(C)c(C)c3)c2)c1. The largest absolute Gasteiger partial charge is 0.497 e. The summed E-state index contributed by atoms with van der Waals surface area (Å²) in [6.45, 7) is 5.63. The molecule has 9 heteroatoms. The van der Waals surface area contributed by atoms with Gasteiger partial charge < -0.3 is 14.8 Å². The van der Waals surface area contributed by atoms with Crippen LogP contribution in [0.2, 0.25) is 5.02 Å². The number of amides is 1. The molecule has 1 amide bonds. The summed E-state index contributed by atoms with van der Waals surface area (Å²) in [5, 5.41) is 2.88. The molecule has 7 nitrogen and oxygen atoms in total. The Kier molecular flexibility index (Phi) is 7.74. The lowest BCUT2D eigenvalue weighted by molar-refractivity contribution is 0.0939. The molecule has 0 saturated heterocycles. The van der Waals surface area contributed by atoms with Crippen LogP contribution in [-0.2, 0) is 10.0 Å². The Bertz CT molecular complexity index is 1320. The van der Waals surface area contributed by atoms with Crippen molar-refractivity contribution in [2.75, 3.05) is 18.9 Å². The van der Waals surface area contributed by atoms with Crippen molar-refractivity contribution in [3.8, 4) is 11.5 Å². The molecule has 0 aliphatic carbocycles. The quantitative estimate of drug-likeness (QED) is 0.438. The van der Waals surface area contributed by atoms with Gasteiger partial charge in [-0.05, 0) is 80.4 Å². The number of carbonyl (C=O) groups excluding carboxylic acids is 1. The molecule has 3 rings (SSSR count). The molecule has 0 aliphatic rings. The molecule has 2 N–H and O–H groups in total. The van der Waals surface area contributed by atoms with Crippen LogP contribution in [0, 0.1) is 13.8 Å². The zero-order chi connectivity index (χ0) is 25.0. The molecular weight excluding hydrogens is 476 g/mol. The minimum Gasteiger partial charge on any atom is -0.497 e. The first kappa shape index (κ1) is 25.4. The Morgan fingerprint density at radius 3 is 2.32 bits per heavy atom. The lowest BCUT2D eigenvalue weighted by atomic mass is 10.1. The van der Waals surface area contributed by atoms with Crippen LogP contribution in [0.1, 0.15) is 40.0 Å². The van der Waals surface area contributed by atoms with Gasteiger partial charge in [-0.25, -0.2) is 8.42 Å². The van der Waals surface area contributed by atoms with Gasteiger partial charge in [0.2, 0.25) is 0 Å². The molecular formula is C25H27ClN2O5S. The normalized spacial score (nSPS) is 12.1. The van der Waals surface area contributed by atoms with Crippen molar-refractivity contribution in [2.24, 2.45) is 0 Å². The first-order valence-electron chi connectivity index (χ1n) is 10.5. The van der Waals surface area contributed by atoms with Crippen molar-refractivity contribution in [1.82, 2.24) is 5.32 Å². The van der Waals surface area contributed by atoms with E-state index in [0.29, 0.717) is 22.7 Å². The molecule has 1 atom stereocenters. The highest BCUT2D eigenvalue weighted by molar-refractivity contribution is 7.92. The Hall–Kier alpha value is -3.23. The average molecular weight is 503 g/mol. The number of anilines is 1. The van der Waals surface area contributed by atoms with E-state index >= 15 is 0 Å². The van der Waals surface area contributed by atoms with E-state index in [1.807, 2.05) is 19.9 Å². The molecule has 0 fully saturated rings. The summed E-state index contributed by atoms with van der Waals surface area (Å²) in [6, 6.07) is 14.2. The van der Waals surface area contributed by atoms with E-state index in [2.05, 4.69) is 10.0 Å². The smallest absolute Gasteiger partial charge is 0.263 e. The van der Waals surface area contributed by atoms with E-state index in [-0.39, 0.29) is 15.5 Å². The predicted molar refractivity (Wildman–Crippen MR) is 134 cm³/mol. The zero-order valence-corrected chi connectivity index (χ0v) is 21.2. The molecule has 0 aromatic heterocycles. The summed E-state index contributed by atoms with van der Waals surface area (Å²) < 4.78 is 39.3. The van der Waals surface area contributed by atoms with Crippen molar-refractivity contribution in [1.29, 1.82) is 0 Å². The maximum absolute atomic E-state index is 13.0. The fourth-order valence-corrected chi connectivity index (χ4v) is 4.98. The molecule has 0 radical (unpaired) electrons. The van der Waals surface area contributed by atoms with Gasteiger partial charge >= 0.3 is 0 Å². The number of ether oxygens (including phenoxy) is 2. The van der Waals surface area contributed by atoms with E-state index in [1.165, 1.54) is 18.2 Å². The number of sulfonamides is 1. The fourth-order valence-electron chi connectivity index (χ4n) is 3.40. The van der Waals surface area contributed by atoms with Crippen LogP contribution < -0.4 is 19.5 Å². The molecule has 3 aromatic rings. The van der Waals surface area contributed by atoms with Gasteiger partial charge in [-0.2, -0.15) is 0 Å². The van der Waals surface area contributed by atoms with Crippen molar-refractivity contribution in [2.45, 2.75) is 31.7 Å². The maximum Gasteiger partial charge on any atom is 0.263 e. The van der Waals surface area contributed by atoms with Crippen molar-refractivity contribution in [3.63, 3.8) is 0 Å². The van der Waals surface area contributed by atoms with Gasteiger partial charge in [0.1, 0.15) is 16.4 Å². The summed E-state index contributed by atoms with van der Waals surface area (Å²) >= 11 is 6.20. The second-order valence-electron chi connectivity index (χ2n) is 7.85. The molecule has 0 spiro atoms. The number of hydrogen-bond donors (Lipinski definition) is 2. The van der Waals surface area contributed by atoms with Crippen LogP contribution in [0.25, 0.3) is 0 Å². The fraction of sp³-hybridized carbons (Fsp3) is 0.240. The summed E-state index contributed by atoms with van der Waals surface area (Å²) in [4.78, 5) is 12.8. The predicted octanol–water partition coefficient (Wildman–Crippen LogP) is 5.27. The lowest BCUT2D eigenvalue weighted by Gasteiger charge is -2.19. The molecule has 0 aliphatic heterocycles. The third kappa shape index (κ3) is 5.63. The van der Waals surface area contributed by atoms with E-state index < -0.39 is 22.0 Å². The Labute approximate surface area is 205 Å². The Balaban J connectivity index is 1.86. The van der Waals surface area contributed by atoms with Crippen molar-refractivity contribution in [3.05, 3.63) is 81.9 Å². The van der Waals surface area contributed by atoms with Gasteiger partial charge in [0.05, 0.1) is 25.3 Å². The molecule has 3 aromatic carbocycles. The minimum atomic E-state index is -4.03. The van der Waals surface area contributed by atoms with Gasteiger partial charge in [0.15, 0.2) is 0 Å². The standard InChI is InChI=1S/C25H27ClN2O5S/c1-15-6-8-19(12-16(15)2)28-34(30,31)24-13-18(7-10-22(24)26)25(29)27-17(3)21-14-20(32-4)9-11-23(21)33-5/h6-14,17,28H,1-5H3,(H,27,29)/t17-/m0/s1. The third-order valence-corrected chi connectivity index (χ3v) is 7.36. The van der Waals surface area contributed by atoms with Crippen LogP contribution in [0.4, 0.5) is 5.69 Å². The highest BCUT2D eigenvalue weighted by Crippen LogP contribution is 2.30. The molecule has 0 heterocycles. The van der Waals surface area contributed by atoms with Crippen molar-refractivity contribution < 1.29 is 22.7 Å². The van der Waals surface area contributed by atoms with Gasteiger partial charge in [-0.15, -0.1) is 0 Å². The second kappa shape index (κ2) is 10.4. The monoisotopic (exact) mass is 502 g/mol. The average Bonchev–Trinajstić information content (AvgIpc) is 2.80. The first-order valence-corrected chi connectivity index (χ1v) is 12.3. The number of aryl methyl sites for hydroxylation is 2. The minimum absolute atomic E-state index is 0.00963. The number of halogens is 1.